The minimum Gasteiger partial charge on any atom is -0.396 e. The Balaban J connectivity index is 1.99. The Hall–Kier alpha value is 0.0900. The first-order valence-corrected chi connectivity index (χ1v) is 9.46. The summed E-state index contributed by atoms with van der Waals surface area (Å²) in [5, 5.41) is 0. The van der Waals surface area contributed by atoms with Crippen molar-refractivity contribution >= 4 is 28.5 Å². The molecule has 4 nitrogen and oxygen atoms in total. The predicted molar refractivity (Wildman–Crippen MR) is 89.6 cm³/mol. The second-order valence-corrected chi connectivity index (χ2v) is 7.38. The molecule has 6 heteroatoms. The maximum atomic E-state index is 5.45. The number of hydrogen-bond acceptors (Lipinski definition) is 6. The number of thiol groups is 1. The number of nitrogens with two attached hydrogens (primary N) is 1. The lowest BCUT2D eigenvalue weighted by Crippen LogP contribution is -2.27. The van der Waals surface area contributed by atoms with Crippen LogP contribution in [0.5, 0.6) is 0 Å². The summed E-state index contributed by atoms with van der Waals surface area (Å²) in [5.41, 5.74) is 0. The molecule has 0 saturated carbocycles. The zero-order chi connectivity index (χ0) is 14.7. The van der Waals surface area contributed by atoms with Crippen LogP contribution in [-0.2, 0) is 4.84 Å². The van der Waals surface area contributed by atoms with Crippen molar-refractivity contribution in [3.05, 3.63) is 0 Å². The summed E-state index contributed by atoms with van der Waals surface area (Å²) >= 11 is 4.38. The Morgan fingerprint density at radius 3 is 2.75 bits per heavy atom. The third-order valence-corrected chi connectivity index (χ3v) is 6.09. The Bertz CT molecular complexity index is 351. The van der Waals surface area contributed by atoms with Crippen molar-refractivity contribution in [3.63, 3.8) is 0 Å². The summed E-state index contributed by atoms with van der Waals surface area (Å²) in [5.74, 6) is 7.32. The summed E-state index contributed by atoms with van der Waals surface area (Å²) in [7, 11) is 1.59. The van der Waals surface area contributed by atoms with Gasteiger partial charge in [0.2, 0.25) is 5.90 Å². The van der Waals surface area contributed by atoms with Gasteiger partial charge in [-0.3, -0.25) is 4.99 Å². The molecule has 0 aromatic heterocycles. The average molecular weight is 318 g/mol. The topological polar surface area (TPSA) is 50.8 Å². The molecule has 2 bridgehead atoms. The van der Waals surface area contributed by atoms with E-state index in [1.54, 1.807) is 11.0 Å². The van der Waals surface area contributed by atoms with Gasteiger partial charge in [0.25, 0.3) is 0 Å². The molecule has 2 heterocycles. The molecular formula is C14H27N3OS2. The average Bonchev–Trinajstić information content (AvgIpc) is 2.99. The molecule has 2 fully saturated rings. The zero-order valence-corrected chi connectivity index (χ0v) is 14.4. The third-order valence-electron chi connectivity index (χ3n) is 4.77. The highest BCUT2D eigenvalue weighted by Crippen LogP contribution is 2.47. The molecule has 0 spiro atoms. The predicted octanol–water partition coefficient (Wildman–Crippen LogP) is 3.45. The highest BCUT2D eigenvalue weighted by atomic mass is 33.1. The van der Waals surface area contributed by atoms with Gasteiger partial charge in [-0.15, -0.1) is 0 Å². The van der Waals surface area contributed by atoms with Gasteiger partial charge >= 0.3 is 0 Å². The van der Waals surface area contributed by atoms with Gasteiger partial charge in [0.05, 0.1) is 6.04 Å². The van der Waals surface area contributed by atoms with Gasteiger partial charge in [-0.25, -0.2) is 4.31 Å². The van der Waals surface area contributed by atoms with Gasteiger partial charge in [0.1, 0.15) is 0 Å². The van der Waals surface area contributed by atoms with Crippen LogP contribution in [0.25, 0.3) is 0 Å². The summed E-state index contributed by atoms with van der Waals surface area (Å²) < 4.78 is 2.45. The first-order chi connectivity index (χ1) is 9.60. The van der Waals surface area contributed by atoms with E-state index in [0.717, 1.165) is 18.7 Å². The lowest BCUT2D eigenvalue weighted by atomic mass is 9.87. The molecule has 116 valence electrons. The van der Waals surface area contributed by atoms with E-state index in [2.05, 4.69) is 36.7 Å². The van der Waals surface area contributed by atoms with Gasteiger partial charge in [0.15, 0.2) is 0 Å². The molecule has 2 N–H and O–H groups in total. The Morgan fingerprint density at radius 1 is 1.50 bits per heavy atom. The van der Waals surface area contributed by atoms with E-state index in [4.69, 9.17) is 15.7 Å². The van der Waals surface area contributed by atoms with Crippen LogP contribution < -0.4 is 5.90 Å². The van der Waals surface area contributed by atoms with Crippen molar-refractivity contribution in [1.82, 2.24) is 4.31 Å². The van der Waals surface area contributed by atoms with E-state index in [1.165, 1.54) is 19.3 Å². The minimum atomic E-state index is 0.308. The molecule has 20 heavy (non-hydrogen) atoms. The van der Waals surface area contributed by atoms with Gasteiger partial charge < -0.3 is 4.84 Å². The van der Waals surface area contributed by atoms with Crippen molar-refractivity contribution in [1.29, 1.82) is 0 Å². The minimum absolute atomic E-state index is 0.308. The number of nitrogens with zero attached hydrogens (tertiary/aromatic N) is 2. The first-order valence-electron chi connectivity index (χ1n) is 7.63. The highest BCUT2D eigenvalue weighted by molar-refractivity contribution is 8.67. The van der Waals surface area contributed by atoms with Crippen molar-refractivity contribution in [2.75, 3.05) is 0 Å². The van der Waals surface area contributed by atoms with Crippen LogP contribution in [0.2, 0.25) is 0 Å². The van der Waals surface area contributed by atoms with Gasteiger partial charge in [-0.1, -0.05) is 32.4 Å². The van der Waals surface area contributed by atoms with Crippen LogP contribution in [0.1, 0.15) is 52.9 Å². The fraction of sp³-hybridized carbons (Fsp3) is 0.929. The second-order valence-electron chi connectivity index (χ2n) is 6.30. The van der Waals surface area contributed by atoms with Crippen molar-refractivity contribution in [2.45, 2.75) is 71.0 Å². The molecule has 2 aliphatic heterocycles. The number of aliphatic imine (C=N–C) groups is 1. The van der Waals surface area contributed by atoms with Crippen molar-refractivity contribution < 1.29 is 4.84 Å². The second kappa shape index (κ2) is 7.38. The molecule has 0 aromatic carbocycles. The summed E-state index contributed by atoms with van der Waals surface area (Å²) in [4.78, 5) is 9.81. The Labute approximate surface area is 131 Å². The van der Waals surface area contributed by atoms with E-state index in [-0.39, 0.29) is 0 Å². The van der Waals surface area contributed by atoms with Crippen molar-refractivity contribution in [3.8, 4) is 0 Å². The number of rotatable bonds is 6. The normalized spacial score (nSPS) is 32.1. The van der Waals surface area contributed by atoms with E-state index in [1.807, 2.05) is 0 Å². The van der Waals surface area contributed by atoms with E-state index >= 15 is 0 Å². The molecule has 4 unspecified atom stereocenters. The smallest absolute Gasteiger partial charge is 0.209 e. The molecule has 4 atom stereocenters. The standard InChI is InChI=1S/C14H27N3OS2/c1-4-12(9(2)3)16-14(18-15)8-10-7-11-5-6-13(10)17(11)20-19/h9-13,19H,4-8,15H2,1-3H3. The lowest BCUT2D eigenvalue weighted by Gasteiger charge is -2.23. The zero-order valence-electron chi connectivity index (χ0n) is 12.7. The van der Waals surface area contributed by atoms with Gasteiger partial charge in [0, 0.05) is 18.5 Å². The van der Waals surface area contributed by atoms with E-state index < -0.39 is 0 Å². The van der Waals surface area contributed by atoms with Gasteiger partial charge in [-0.2, -0.15) is 5.90 Å². The molecule has 2 aliphatic rings. The first kappa shape index (κ1) is 16.5. The Kier molecular flexibility index (Phi) is 6.08. The third kappa shape index (κ3) is 3.46. The van der Waals surface area contributed by atoms with Crippen LogP contribution in [-0.4, -0.2) is 28.3 Å². The Morgan fingerprint density at radius 2 is 2.25 bits per heavy atom. The van der Waals surface area contributed by atoms with Crippen molar-refractivity contribution in [2.24, 2.45) is 22.7 Å². The molecule has 2 saturated heterocycles. The van der Waals surface area contributed by atoms with Crippen LogP contribution in [0.4, 0.5) is 0 Å². The van der Waals surface area contributed by atoms with Crippen LogP contribution in [0.3, 0.4) is 0 Å². The molecular weight excluding hydrogens is 290 g/mol. The fourth-order valence-electron chi connectivity index (χ4n) is 3.66. The fourth-order valence-corrected chi connectivity index (χ4v) is 5.15. The molecule has 0 radical (unpaired) electrons. The quantitative estimate of drug-likeness (QED) is 0.197. The summed E-state index contributed by atoms with van der Waals surface area (Å²) in [6, 6.07) is 1.60. The monoisotopic (exact) mass is 317 g/mol. The molecule has 0 amide bonds. The molecule has 2 rings (SSSR count). The van der Waals surface area contributed by atoms with Crippen LogP contribution in [0.15, 0.2) is 4.99 Å². The highest BCUT2D eigenvalue weighted by Gasteiger charge is 2.46. The largest absolute Gasteiger partial charge is 0.396 e. The van der Waals surface area contributed by atoms with Gasteiger partial charge in [-0.05, 0) is 48.5 Å². The molecule has 0 aromatic rings. The maximum absolute atomic E-state index is 5.45. The maximum Gasteiger partial charge on any atom is 0.209 e. The van der Waals surface area contributed by atoms with Crippen LogP contribution in [0, 0.1) is 11.8 Å². The molecule has 0 aliphatic carbocycles. The summed E-state index contributed by atoms with van der Waals surface area (Å²) in [6.45, 7) is 6.56. The lowest BCUT2D eigenvalue weighted by molar-refractivity contribution is 0.282. The van der Waals surface area contributed by atoms with E-state index in [0.29, 0.717) is 30.0 Å². The van der Waals surface area contributed by atoms with E-state index in [9.17, 15) is 0 Å². The SMILES string of the molecule is CCC(N=C(CC1CC2CCC1N2SS)ON)C(C)C. The number of fused-ring (bicyclic) bond motifs is 2. The number of hydrogen-bond donors (Lipinski definition) is 2. The van der Waals surface area contributed by atoms with Crippen LogP contribution >= 0.6 is 22.6 Å². The summed E-state index contributed by atoms with van der Waals surface area (Å²) in [6.07, 6.45) is 5.68.